The second-order valence-electron chi connectivity index (χ2n) is 8.43. The predicted octanol–water partition coefficient (Wildman–Crippen LogP) is 3.67. The van der Waals surface area contributed by atoms with E-state index in [9.17, 15) is 14.0 Å². The minimum absolute atomic E-state index is 0.140. The van der Waals surface area contributed by atoms with Crippen molar-refractivity contribution in [2.45, 2.75) is 47.5 Å². The Kier molecular flexibility index (Phi) is 10.6. The summed E-state index contributed by atoms with van der Waals surface area (Å²) in [6.45, 7) is 10.2. The minimum atomic E-state index is -0.529. The average molecular weight is 449 g/mol. The fourth-order valence-corrected chi connectivity index (χ4v) is 3.50. The van der Waals surface area contributed by atoms with Gasteiger partial charge in [0.15, 0.2) is 0 Å². The molecule has 0 saturated heterocycles. The van der Waals surface area contributed by atoms with Crippen LogP contribution < -0.4 is 16.5 Å². The van der Waals surface area contributed by atoms with E-state index >= 15 is 0 Å². The second-order valence-corrected chi connectivity index (χ2v) is 8.43. The van der Waals surface area contributed by atoms with Crippen LogP contribution in [0.1, 0.15) is 46.1 Å². The minimum Gasteiger partial charge on any atom is -0.364 e. The van der Waals surface area contributed by atoms with Gasteiger partial charge in [0.05, 0.1) is 17.9 Å². The zero-order valence-corrected chi connectivity index (χ0v) is 20.3. The topological polar surface area (TPSA) is 96.7 Å². The highest BCUT2D eigenvalue weighted by molar-refractivity contribution is 6.00. The number of carbonyl (C=O) groups is 2. The third-order valence-corrected chi connectivity index (χ3v) is 4.83. The number of nitrogens with two attached hydrogens (primary N) is 1. The van der Waals surface area contributed by atoms with E-state index in [2.05, 4.69) is 10.8 Å². The lowest BCUT2D eigenvalue weighted by molar-refractivity contribution is -0.129. The van der Waals surface area contributed by atoms with E-state index in [1.54, 1.807) is 38.1 Å². The number of aldehydes is 1. The summed E-state index contributed by atoms with van der Waals surface area (Å²) in [6.07, 6.45) is 1.86. The first-order chi connectivity index (χ1) is 15.1. The molecule has 0 atom stereocenters. The summed E-state index contributed by atoms with van der Waals surface area (Å²) < 4.78 is 14.5. The number of carbonyl (C=O) groups excluding carboxylic acids is 2. The molecule has 1 aromatic carbocycles. The van der Waals surface area contributed by atoms with Crippen LogP contribution >= 0.6 is 0 Å². The number of nitrogens with zero attached hydrogens (tertiary/aromatic N) is 1. The molecule has 0 spiro atoms. The van der Waals surface area contributed by atoms with Crippen molar-refractivity contribution in [1.82, 2.24) is 10.4 Å². The molecule has 2 rings (SSSR count). The molecule has 4 N–H and O–H groups in total. The Balaban J connectivity index is 0.00000249. The van der Waals surface area contributed by atoms with Crippen LogP contribution in [0.2, 0.25) is 0 Å². The molecule has 1 aromatic rings. The summed E-state index contributed by atoms with van der Waals surface area (Å²) in [7, 11) is 3.48. The number of hydroxylamine groups is 1. The van der Waals surface area contributed by atoms with Crippen LogP contribution in [0.25, 0.3) is 0 Å². The lowest BCUT2D eigenvalue weighted by atomic mass is 9.88. The highest BCUT2D eigenvalue weighted by Gasteiger charge is 2.36. The van der Waals surface area contributed by atoms with Gasteiger partial charge in [0.2, 0.25) is 0 Å². The molecule has 32 heavy (non-hydrogen) atoms. The summed E-state index contributed by atoms with van der Waals surface area (Å²) >= 11 is 0. The predicted molar refractivity (Wildman–Crippen MR) is 126 cm³/mol. The van der Waals surface area contributed by atoms with E-state index in [0.29, 0.717) is 29.8 Å². The van der Waals surface area contributed by atoms with Gasteiger partial charge in [-0.2, -0.15) is 0 Å². The van der Waals surface area contributed by atoms with Crippen molar-refractivity contribution in [2.75, 3.05) is 32.6 Å². The quantitative estimate of drug-likeness (QED) is 0.231. The number of hydrogen-bond donors (Lipinski definition) is 3. The van der Waals surface area contributed by atoms with Gasteiger partial charge in [-0.05, 0) is 54.0 Å². The molecule has 0 saturated carbocycles. The van der Waals surface area contributed by atoms with Gasteiger partial charge >= 0.3 is 0 Å². The zero-order chi connectivity index (χ0) is 24.5. The fraction of sp³-hybridized carbons (Fsp3) is 0.500. The molecule has 0 radical (unpaired) electrons. The van der Waals surface area contributed by atoms with E-state index in [1.807, 2.05) is 27.7 Å². The SMILES string of the molecule is CC.Cc1ccc(N/C(=C(\C(=O)NOCCN)C2=C(C=O)CC(C)(C)C2)N(C)C)c(F)c1. The molecule has 0 heterocycles. The van der Waals surface area contributed by atoms with Crippen LogP contribution in [-0.2, 0) is 14.4 Å². The maximum absolute atomic E-state index is 14.5. The van der Waals surface area contributed by atoms with E-state index in [0.717, 1.165) is 11.8 Å². The van der Waals surface area contributed by atoms with Gasteiger partial charge in [0, 0.05) is 20.6 Å². The maximum Gasteiger partial charge on any atom is 0.278 e. The van der Waals surface area contributed by atoms with Gasteiger partial charge in [-0.1, -0.05) is 33.8 Å². The number of anilines is 1. The van der Waals surface area contributed by atoms with Crippen LogP contribution in [0.15, 0.2) is 40.7 Å². The third-order valence-electron chi connectivity index (χ3n) is 4.83. The summed E-state index contributed by atoms with van der Waals surface area (Å²) in [5.41, 5.74) is 10.1. The van der Waals surface area contributed by atoms with Crippen molar-refractivity contribution in [3.8, 4) is 0 Å². The van der Waals surface area contributed by atoms with Crippen molar-refractivity contribution in [3.63, 3.8) is 0 Å². The monoisotopic (exact) mass is 448 g/mol. The van der Waals surface area contributed by atoms with Crippen LogP contribution in [0.5, 0.6) is 0 Å². The summed E-state index contributed by atoms with van der Waals surface area (Å²) in [5, 5.41) is 3.03. The maximum atomic E-state index is 14.5. The smallest absolute Gasteiger partial charge is 0.278 e. The molecule has 1 amide bonds. The van der Waals surface area contributed by atoms with Gasteiger partial charge in [-0.3, -0.25) is 14.4 Å². The number of amides is 1. The molecular formula is C24H37FN4O3. The third kappa shape index (κ3) is 7.17. The van der Waals surface area contributed by atoms with Crippen LogP contribution in [0.3, 0.4) is 0 Å². The van der Waals surface area contributed by atoms with Crippen molar-refractivity contribution in [1.29, 1.82) is 0 Å². The van der Waals surface area contributed by atoms with E-state index < -0.39 is 11.7 Å². The van der Waals surface area contributed by atoms with Gasteiger partial charge in [-0.25, -0.2) is 9.87 Å². The van der Waals surface area contributed by atoms with Crippen LogP contribution in [0.4, 0.5) is 10.1 Å². The molecule has 0 aliphatic heterocycles. The highest BCUT2D eigenvalue weighted by Crippen LogP contribution is 2.44. The van der Waals surface area contributed by atoms with Crippen molar-refractivity contribution in [3.05, 3.63) is 52.1 Å². The van der Waals surface area contributed by atoms with Crippen LogP contribution in [0, 0.1) is 18.2 Å². The first-order valence-corrected chi connectivity index (χ1v) is 10.8. The number of hydrogen-bond acceptors (Lipinski definition) is 6. The Morgan fingerprint density at radius 1 is 1.28 bits per heavy atom. The van der Waals surface area contributed by atoms with Gasteiger partial charge in [-0.15, -0.1) is 0 Å². The number of rotatable bonds is 9. The Bertz CT molecular complexity index is 876. The van der Waals surface area contributed by atoms with Crippen LogP contribution in [-0.4, -0.2) is 44.3 Å². The Morgan fingerprint density at radius 2 is 1.94 bits per heavy atom. The second kappa shape index (κ2) is 12.4. The summed E-state index contributed by atoms with van der Waals surface area (Å²) in [6, 6.07) is 4.80. The molecule has 8 heteroatoms. The van der Waals surface area contributed by atoms with Crippen molar-refractivity contribution in [2.24, 2.45) is 11.1 Å². The number of halogens is 1. The Labute approximate surface area is 190 Å². The molecular weight excluding hydrogens is 411 g/mol. The van der Waals surface area contributed by atoms with E-state index in [-0.39, 0.29) is 29.8 Å². The van der Waals surface area contributed by atoms with Gasteiger partial charge < -0.3 is 16.0 Å². The zero-order valence-electron chi connectivity index (χ0n) is 20.3. The number of aryl methyl sites for hydroxylation is 1. The molecule has 1 aliphatic rings. The molecule has 0 fully saturated rings. The molecule has 0 bridgehead atoms. The molecule has 178 valence electrons. The lowest BCUT2D eigenvalue weighted by Crippen LogP contribution is -2.33. The first-order valence-electron chi connectivity index (χ1n) is 10.8. The first kappa shape index (κ1) is 27.3. The van der Waals surface area contributed by atoms with Gasteiger partial charge in [0.25, 0.3) is 5.91 Å². The van der Waals surface area contributed by atoms with Gasteiger partial charge in [0.1, 0.15) is 17.9 Å². The average Bonchev–Trinajstić information content (AvgIpc) is 3.05. The molecule has 0 aromatic heterocycles. The normalized spacial score (nSPS) is 15.4. The Morgan fingerprint density at radius 3 is 2.47 bits per heavy atom. The summed E-state index contributed by atoms with van der Waals surface area (Å²) in [4.78, 5) is 31.7. The number of benzene rings is 1. The largest absolute Gasteiger partial charge is 0.364 e. The number of nitrogens with one attached hydrogen (secondary N) is 2. The highest BCUT2D eigenvalue weighted by atomic mass is 19.1. The number of allylic oxidation sites excluding steroid dienone is 1. The lowest BCUT2D eigenvalue weighted by Gasteiger charge is -2.25. The summed E-state index contributed by atoms with van der Waals surface area (Å²) in [5.74, 6) is -0.609. The molecule has 1 aliphatic carbocycles. The van der Waals surface area contributed by atoms with Crippen molar-refractivity contribution < 1.29 is 18.8 Å². The van der Waals surface area contributed by atoms with Crippen molar-refractivity contribution >= 4 is 17.9 Å². The van der Waals surface area contributed by atoms with E-state index in [1.165, 1.54) is 6.07 Å². The fourth-order valence-electron chi connectivity index (χ4n) is 3.50. The standard InChI is InChI=1S/C22H31FN4O3.C2H6/c1-14-6-7-18(17(23)10-14)25-20(27(4)5)19(21(29)26-30-9-8-24)16-12-22(2,3)11-15(16)13-28;1-2/h6-7,10,13,25H,8-9,11-12,24H2,1-5H3,(H,26,29);1-2H3/b20-19+;. The molecule has 7 nitrogen and oxygen atoms in total. The Hall–Kier alpha value is -2.71. The molecule has 0 unspecified atom stereocenters. The van der Waals surface area contributed by atoms with E-state index in [4.69, 9.17) is 10.6 Å².